The summed E-state index contributed by atoms with van der Waals surface area (Å²) in [4.78, 5) is 16.5. The van der Waals surface area contributed by atoms with Crippen molar-refractivity contribution >= 4 is 5.91 Å². The SMILES string of the molecule is COc1ccc(C[NH+]2CCC(C(=O)N3CCC[C@@H](C)C3)CC2)cc1OC. The van der Waals surface area contributed by atoms with Crippen molar-refractivity contribution in [2.24, 2.45) is 11.8 Å². The maximum absolute atomic E-state index is 12.8. The molecule has 0 saturated carbocycles. The molecule has 1 amide bonds. The molecule has 1 N–H and O–H groups in total. The van der Waals surface area contributed by atoms with Crippen molar-refractivity contribution in [1.29, 1.82) is 0 Å². The smallest absolute Gasteiger partial charge is 0.226 e. The lowest BCUT2D eigenvalue weighted by Crippen LogP contribution is -3.11. The van der Waals surface area contributed by atoms with Crippen molar-refractivity contribution < 1.29 is 19.2 Å². The number of amides is 1. The Morgan fingerprint density at radius 3 is 2.54 bits per heavy atom. The lowest BCUT2D eigenvalue weighted by Gasteiger charge is -2.36. The Morgan fingerprint density at radius 2 is 1.88 bits per heavy atom. The highest BCUT2D eigenvalue weighted by Crippen LogP contribution is 2.27. The van der Waals surface area contributed by atoms with Gasteiger partial charge in [0, 0.05) is 37.4 Å². The van der Waals surface area contributed by atoms with Crippen LogP contribution in [0.5, 0.6) is 11.5 Å². The third-order valence-corrected chi connectivity index (χ3v) is 5.91. The largest absolute Gasteiger partial charge is 0.493 e. The molecule has 5 heteroatoms. The fourth-order valence-corrected chi connectivity index (χ4v) is 4.38. The number of nitrogens with one attached hydrogen (secondary N) is 1. The molecule has 0 bridgehead atoms. The van der Waals surface area contributed by atoms with Crippen molar-refractivity contribution in [1.82, 2.24) is 4.90 Å². The van der Waals surface area contributed by atoms with Gasteiger partial charge in [0.15, 0.2) is 11.5 Å². The molecule has 3 rings (SSSR count). The van der Waals surface area contributed by atoms with E-state index in [2.05, 4.69) is 24.0 Å². The van der Waals surface area contributed by atoms with E-state index in [1.807, 2.05) is 6.07 Å². The molecule has 2 heterocycles. The zero-order chi connectivity index (χ0) is 18.5. The number of methoxy groups -OCH3 is 2. The summed E-state index contributed by atoms with van der Waals surface area (Å²) < 4.78 is 10.7. The zero-order valence-electron chi connectivity index (χ0n) is 16.4. The van der Waals surface area contributed by atoms with Crippen LogP contribution in [0.1, 0.15) is 38.2 Å². The number of hydrogen-bond acceptors (Lipinski definition) is 3. The zero-order valence-corrected chi connectivity index (χ0v) is 16.4. The summed E-state index contributed by atoms with van der Waals surface area (Å²) >= 11 is 0. The van der Waals surface area contributed by atoms with E-state index in [1.165, 1.54) is 12.0 Å². The van der Waals surface area contributed by atoms with Gasteiger partial charge in [-0.2, -0.15) is 0 Å². The first-order chi connectivity index (χ1) is 12.6. The predicted octanol–water partition coefficient (Wildman–Crippen LogP) is 1.76. The van der Waals surface area contributed by atoms with E-state index in [0.29, 0.717) is 11.8 Å². The number of likely N-dealkylation sites (tertiary alicyclic amines) is 2. The van der Waals surface area contributed by atoms with Gasteiger partial charge in [0.2, 0.25) is 5.91 Å². The maximum Gasteiger partial charge on any atom is 0.226 e. The summed E-state index contributed by atoms with van der Waals surface area (Å²) in [6.45, 7) is 7.28. The molecular weight excluding hydrogens is 328 g/mol. The Labute approximate surface area is 157 Å². The van der Waals surface area contributed by atoms with E-state index in [0.717, 1.165) is 63.5 Å². The Balaban J connectivity index is 1.51. The molecule has 0 aliphatic carbocycles. The summed E-state index contributed by atoms with van der Waals surface area (Å²) in [5.74, 6) is 2.85. The number of nitrogens with zero attached hydrogens (tertiary/aromatic N) is 1. The van der Waals surface area contributed by atoms with Gasteiger partial charge < -0.3 is 19.3 Å². The fraction of sp³-hybridized carbons (Fsp3) is 0.667. The molecule has 0 aromatic heterocycles. The van der Waals surface area contributed by atoms with Crippen LogP contribution in [0.15, 0.2) is 18.2 Å². The number of hydrogen-bond donors (Lipinski definition) is 1. The minimum absolute atomic E-state index is 0.231. The van der Waals surface area contributed by atoms with Gasteiger partial charge in [0.1, 0.15) is 6.54 Å². The van der Waals surface area contributed by atoms with Crippen LogP contribution in [-0.4, -0.2) is 51.2 Å². The summed E-state index contributed by atoms with van der Waals surface area (Å²) in [5.41, 5.74) is 1.26. The third kappa shape index (κ3) is 4.50. The molecule has 1 aromatic carbocycles. The van der Waals surface area contributed by atoms with E-state index < -0.39 is 0 Å². The molecule has 2 saturated heterocycles. The van der Waals surface area contributed by atoms with Gasteiger partial charge in [0.05, 0.1) is 27.3 Å². The highest BCUT2D eigenvalue weighted by atomic mass is 16.5. The minimum Gasteiger partial charge on any atom is -0.493 e. The predicted molar refractivity (Wildman–Crippen MR) is 102 cm³/mol. The number of carbonyl (C=O) groups is 1. The van der Waals surface area contributed by atoms with Crippen molar-refractivity contribution in [2.45, 2.75) is 39.2 Å². The van der Waals surface area contributed by atoms with E-state index in [9.17, 15) is 4.79 Å². The van der Waals surface area contributed by atoms with Crippen LogP contribution in [0.3, 0.4) is 0 Å². The molecule has 2 aliphatic heterocycles. The van der Waals surface area contributed by atoms with Crippen molar-refractivity contribution in [2.75, 3.05) is 40.4 Å². The minimum atomic E-state index is 0.231. The molecule has 5 nitrogen and oxygen atoms in total. The highest BCUT2D eigenvalue weighted by Gasteiger charge is 2.32. The van der Waals surface area contributed by atoms with Crippen molar-refractivity contribution in [3.63, 3.8) is 0 Å². The third-order valence-electron chi connectivity index (χ3n) is 5.91. The molecular formula is C21H33N2O3+. The van der Waals surface area contributed by atoms with E-state index in [4.69, 9.17) is 9.47 Å². The van der Waals surface area contributed by atoms with Crippen LogP contribution in [0, 0.1) is 11.8 Å². The Bertz CT molecular complexity index is 611. The number of rotatable bonds is 5. The van der Waals surface area contributed by atoms with Crippen LogP contribution >= 0.6 is 0 Å². The van der Waals surface area contributed by atoms with Crippen LogP contribution in [0.4, 0.5) is 0 Å². The number of benzene rings is 1. The van der Waals surface area contributed by atoms with E-state index >= 15 is 0 Å². The van der Waals surface area contributed by atoms with Gasteiger partial charge in [-0.1, -0.05) is 6.92 Å². The van der Waals surface area contributed by atoms with Crippen LogP contribution in [0.25, 0.3) is 0 Å². The number of carbonyl (C=O) groups excluding carboxylic acids is 1. The van der Waals surface area contributed by atoms with Crippen LogP contribution in [0.2, 0.25) is 0 Å². The lowest BCUT2D eigenvalue weighted by molar-refractivity contribution is -0.919. The average Bonchev–Trinajstić information content (AvgIpc) is 2.68. The Kier molecular flexibility index (Phi) is 6.41. The Morgan fingerprint density at radius 1 is 1.15 bits per heavy atom. The molecule has 2 aliphatic rings. The average molecular weight is 362 g/mol. The molecule has 1 aromatic rings. The van der Waals surface area contributed by atoms with E-state index in [-0.39, 0.29) is 5.92 Å². The second kappa shape index (κ2) is 8.76. The monoisotopic (exact) mass is 361 g/mol. The molecule has 0 radical (unpaired) electrons. The van der Waals surface area contributed by atoms with Crippen molar-refractivity contribution in [3.05, 3.63) is 23.8 Å². The summed E-state index contributed by atoms with van der Waals surface area (Å²) in [6.07, 6.45) is 4.44. The second-order valence-electron chi connectivity index (χ2n) is 7.92. The van der Waals surface area contributed by atoms with Gasteiger partial charge in [-0.05, 0) is 37.0 Å². The van der Waals surface area contributed by atoms with Gasteiger partial charge in [-0.25, -0.2) is 0 Å². The molecule has 1 atom stereocenters. The molecule has 0 unspecified atom stereocenters. The normalized spacial score (nSPS) is 26.4. The first kappa shape index (κ1) is 19.0. The lowest BCUT2D eigenvalue weighted by atomic mass is 9.92. The fourth-order valence-electron chi connectivity index (χ4n) is 4.38. The topological polar surface area (TPSA) is 43.2 Å². The number of quaternary nitrogens is 1. The quantitative estimate of drug-likeness (QED) is 0.869. The Hall–Kier alpha value is -1.75. The highest BCUT2D eigenvalue weighted by molar-refractivity contribution is 5.79. The first-order valence-electron chi connectivity index (χ1n) is 9.94. The number of ether oxygens (including phenoxy) is 2. The van der Waals surface area contributed by atoms with Gasteiger partial charge >= 0.3 is 0 Å². The van der Waals surface area contributed by atoms with Crippen molar-refractivity contribution in [3.8, 4) is 11.5 Å². The standard InChI is InChI=1S/C21H32N2O3/c1-16-5-4-10-23(14-16)21(24)18-8-11-22(12-9-18)15-17-6-7-19(25-2)20(13-17)26-3/h6-7,13,16,18H,4-5,8-12,14-15H2,1-3H3/p+1/t16-/m1/s1. The van der Waals surface area contributed by atoms with Gasteiger partial charge in [-0.3, -0.25) is 4.79 Å². The van der Waals surface area contributed by atoms with Crippen LogP contribution < -0.4 is 14.4 Å². The molecule has 2 fully saturated rings. The second-order valence-corrected chi connectivity index (χ2v) is 7.92. The summed E-state index contributed by atoms with van der Waals surface area (Å²) in [7, 11) is 3.33. The van der Waals surface area contributed by atoms with E-state index in [1.54, 1.807) is 19.1 Å². The van der Waals surface area contributed by atoms with Crippen LogP contribution in [-0.2, 0) is 11.3 Å². The summed E-state index contributed by atoms with van der Waals surface area (Å²) in [5, 5.41) is 0. The maximum atomic E-state index is 12.8. The molecule has 26 heavy (non-hydrogen) atoms. The summed E-state index contributed by atoms with van der Waals surface area (Å²) in [6, 6.07) is 6.15. The molecule has 0 spiro atoms. The van der Waals surface area contributed by atoms with Gasteiger partial charge in [-0.15, -0.1) is 0 Å². The van der Waals surface area contributed by atoms with Gasteiger partial charge in [0.25, 0.3) is 0 Å². The first-order valence-corrected chi connectivity index (χ1v) is 9.94. The number of piperidine rings is 2. The molecule has 144 valence electrons.